The van der Waals surface area contributed by atoms with Gasteiger partial charge in [0.1, 0.15) is 0 Å². The fourth-order valence-electron chi connectivity index (χ4n) is 9.02. The first-order chi connectivity index (χ1) is 37.6. The molecule has 0 heterocycles. The Labute approximate surface area is 504 Å². The predicted octanol–water partition coefficient (Wildman–Crippen LogP) is 22.3. The second-order valence-corrected chi connectivity index (χ2v) is 24.8. The molecule has 0 nitrogen and oxygen atoms in total. The summed E-state index contributed by atoms with van der Waals surface area (Å²) < 4.78 is 0. The molecule has 0 atom stereocenters. The molecule has 12 rings (SSSR count). The topological polar surface area (TPSA) is 0 Å². The average molecular weight is 1270 g/mol. The van der Waals surface area contributed by atoms with E-state index in [1.807, 2.05) is 0 Å². The Hall–Kier alpha value is -4.44. The summed E-state index contributed by atoms with van der Waals surface area (Å²) in [5, 5.41) is 10.7. The van der Waals surface area contributed by atoms with Gasteiger partial charge in [-0.2, -0.15) is 24.3 Å². The third kappa shape index (κ3) is 20.0. The Morgan fingerprint density at radius 2 is 0.481 bits per heavy atom. The molecule has 0 fully saturated rings. The van der Waals surface area contributed by atoms with Crippen molar-refractivity contribution in [2.24, 2.45) is 0 Å². The van der Waals surface area contributed by atoms with Crippen LogP contribution in [0.4, 0.5) is 0 Å². The predicted molar refractivity (Wildman–Crippen MR) is 341 cm³/mol. The molecule has 0 N–H and O–H groups in total. The molecular weight excluding hydrogens is 1210 g/mol. The van der Waals surface area contributed by atoms with Crippen LogP contribution in [0.5, 0.6) is 0 Å². The molecule has 0 aliphatic carbocycles. The summed E-state index contributed by atoms with van der Waals surface area (Å²) in [5.74, 6) is 0. The molecule has 12 aromatic rings. The summed E-state index contributed by atoms with van der Waals surface area (Å²) in [6.45, 7) is 19.0. The number of halogens is 4. The molecule has 0 saturated carbocycles. The van der Waals surface area contributed by atoms with Crippen LogP contribution in [0.15, 0.2) is 243 Å². The molecule has 0 spiro atoms. The van der Waals surface area contributed by atoms with Crippen LogP contribution in [0.3, 0.4) is 0 Å². The van der Waals surface area contributed by atoms with Crippen molar-refractivity contribution in [3.8, 4) is 44.5 Å². The van der Waals surface area contributed by atoms with Crippen molar-refractivity contribution >= 4 is 97.6 Å². The second kappa shape index (κ2) is 36.7. The number of aryl methyl sites for hydroxylation is 4. The number of rotatable bonds is 4. The number of fused-ring (bicyclic) bond motifs is 4. The summed E-state index contributed by atoms with van der Waals surface area (Å²) in [4.78, 5) is 0. The van der Waals surface area contributed by atoms with Gasteiger partial charge in [-0.1, -0.05) is 209 Å². The van der Waals surface area contributed by atoms with Crippen molar-refractivity contribution in [1.82, 2.24) is 0 Å². The van der Waals surface area contributed by atoms with Gasteiger partial charge in [0.05, 0.1) is 0 Å². The molecule has 0 aliphatic rings. The van der Waals surface area contributed by atoms with E-state index in [-0.39, 0.29) is 0 Å². The zero-order valence-electron chi connectivity index (χ0n) is 44.7. The molecule has 8 heteroatoms. The maximum atomic E-state index is 4.93. The summed E-state index contributed by atoms with van der Waals surface area (Å²) in [7, 11) is 25.7. The molecule has 0 bridgehead atoms. The van der Waals surface area contributed by atoms with Crippen molar-refractivity contribution in [1.29, 1.82) is 0 Å². The van der Waals surface area contributed by atoms with Gasteiger partial charge in [0.2, 0.25) is 0 Å². The minimum atomic E-state index is -0.826. The molecule has 0 aromatic heterocycles. The SMILES string of the molecule is C[Si].C[Si].Cc1cc2c(-c3ccccc3)cccc2[cH-]1.Cc1cc2c(-c3ccccc3)cccc2[cH-]1.Cc1cc2c(-c3ccccc3)cccc2[cH-]1.Cc1cc2c(-c3ccccc3)cccc2[cH-]1.[CH2-]C[CH2-].[Cl][Zr][Cl].[Cl][Zr][Cl]. The molecule has 0 amide bonds. The summed E-state index contributed by atoms with van der Waals surface area (Å²) in [6.07, 6.45) is 0.750. The third-order valence-electron chi connectivity index (χ3n) is 11.9. The number of hydrogen-bond donors (Lipinski definition) is 0. The van der Waals surface area contributed by atoms with Gasteiger partial charge in [-0.15, -0.1) is 138 Å². The third-order valence-corrected chi connectivity index (χ3v) is 11.9. The molecule has 6 radical (unpaired) electrons. The number of benzene rings is 8. The van der Waals surface area contributed by atoms with Crippen molar-refractivity contribution in [2.45, 2.75) is 47.2 Å². The van der Waals surface area contributed by atoms with E-state index in [9.17, 15) is 0 Å². The van der Waals surface area contributed by atoms with E-state index in [2.05, 4.69) is 305 Å². The van der Waals surface area contributed by atoms with Crippen LogP contribution in [0.25, 0.3) is 87.6 Å². The Kier molecular flexibility index (Phi) is 31.0. The van der Waals surface area contributed by atoms with E-state index in [1.165, 1.54) is 110 Å². The van der Waals surface area contributed by atoms with Crippen LogP contribution in [-0.2, 0) is 41.7 Å². The summed E-state index contributed by atoms with van der Waals surface area (Å²) in [5.41, 5.74) is 15.8. The average Bonchev–Trinajstić information content (AvgIpc) is 4.27. The Bertz CT molecular complexity index is 3020. The first-order valence-corrected chi connectivity index (χ1v) is 39.7. The minimum absolute atomic E-state index is 0.750. The fourth-order valence-corrected chi connectivity index (χ4v) is 9.02. The standard InChI is InChI=1S/4C16H13.C3H6.2CH3Si.4ClH.2Zr/c4*1-12-10-14-8-5-9-15(16(14)11-12)13-6-3-2-4-7-13;1-3-2;2*1-2;;;;;;/h4*2-11H,1H3;1-3H2;2*1H3;4*1H;;/q4*-1;-2;;;;;;;2*+2/p-4. The maximum absolute atomic E-state index is 4.93. The molecule has 0 saturated heterocycles. The van der Waals surface area contributed by atoms with Crippen molar-refractivity contribution in [2.75, 3.05) is 0 Å². The van der Waals surface area contributed by atoms with Gasteiger partial charge in [0.25, 0.3) is 0 Å². The van der Waals surface area contributed by atoms with Gasteiger partial charge >= 0.3 is 75.7 Å². The van der Waals surface area contributed by atoms with Crippen molar-refractivity contribution in [3.63, 3.8) is 0 Å². The van der Waals surface area contributed by atoms with Crippen LogP contribution < -0.4 is 0 Å². The summed E-state index contributed by atoms with van der Waals surface area (Å²) in [6, 6.07) is 86.2. The first kappa shape index (κ1) is 65.1. The van der Waals surface area contributed by atoms with Crippen LogP contribution in [0, 0.1) is 41.5 Å². The van der Waals surface area contributed by atoms with E-state index >= 15 is 0 Å². The van der Waals surface area contributed by atoms with Gasteiger partial charge in [0, 0.05) is 20.5 Å². The number of hydrogen-bond acceptors (Lipinski definition) is 0. The normalized spacial score (nSPS) is 9.74. The fraction of sp³-hybridized carbons (Fsp3) is 0.101. The van der Waals surface area contributed by atoms with Crippen LogP contribution in [0.1, 0.15) is 28.7 Å². The zero-order chi connectivity index (χ0) is 56.0. The molecule has 0 aliphatic heterocycles. The molecule has 0 unspecified atom stereocenters. The van der Waals surface area contributed by atoms with Gasteiger partial charge in [-0.05, 0) is 22.3 Å². The van der Waals surface area contributed by atoms with Gasteiger partial charge < -0.3 is 20.3 Å². The van der Waals surface area contributed by atoms with Crippen LogP contribution in [-0.4, -0.2) is 20.5 Å². The van der Waals surface area contributed by atoms with E-state index in [4.69, 9.17) is 34.1 Å². The second-order valence-electron chi connectivity index (χ2n) is 17.3. The van der Waals surface area contributed by atoms with E-state index in [0.717, 1.165) is 6.42 Å². The summed E-state index contributed by atoms with van der Waals surface area (Å²) >= 11 is -1.65. The zero-order valence-corrected chi connectivity index (χ0v) is 54.7. The Balaban J connectivity index is 0.000000206. The molecule has 390 valence electrons. The molecule has 12 aromatic carbocycles. The Morgan fingerprint density at radius 3 is 0.649 bits per heavy atom. The van der Waals surface area contributed by atoms with E-state index in [0.29, 0.717) is 0 Å². The van der Waals surface area contributed by atoms with Crippen LogP contribution >= 0.6 is 34.1 Å². The Morgan fingerprint density at radius 1 is 0.312 bits per heavy atom. The van der Waals surface area contributed by atoms with Gasteiger partial charge in [-0.25, -0.2) is 0 Å². The quantitative estimate of drug-likeness (QED) is 0.122. The van der Waals surface area contributed by atoms with E-state index < -0.39 is 41.7 Å². The van der Waals surface area contributed by atoms with Crippen LogP contribution in [0.2, 0.25) is 13.1 Å². The van der Waals surface area contributed by atoms with Gasteiger partial charge in [0.15, 0.2) is 0 Å². The molecule has 77 heavy (non-hydrogen) atoms. The first-order valence-electron chi connectivity index (χ1n) is 25.0. The monoisotopic (exact) mass is 1270 g/mol. The van der Waals surface area contributed by atoms with E-state index in [1.54, 1.807) is 13.1 Å². The van der Waals surface area contributed by atoms with Crippen molar-refractivity contribution in [3.05, 3.63) is 279 Å². The van der Waals surface area contributed by atoms with Gasteiger partial charge in [-0.3, -0.25) is 0 Å². The molecular formula is C69H64Cl4Si2Zr2-6. The van der Waals surface area contributed by atoms with Crippen molar-refractivity contribution < 1.29 is 41.7 Å².